The largest absolute Gasteiger partial charge is 0.497 e. The molecule has 1 saturated heterocycles. The number of hydrogen-bond acceptors (Lipinski definition) is 3. The lowest BCUT2D eigenvalue weighted by Gasteiger charge is -2.30. The van der Waals surface area contributed by atoms with E-state index in [-0.39, 0.29) is 0 Å². The molecule has 0 radical (unpaired) electrons. The number of benzene rings is 2. The maximum Gasteiger partial charge on any atom is 0.169 e. The third-order valence-corrected chi connectivity index (χ3v) is 5.18. The Morgan fingerprint density at radius 1 is 0.769 bits per heavy atom. The number of nitrogens with one attached hydrogen (secondary N) is 2. The Hall–Kier alpha value is -2.24. The van der Waals surface area contributed by atoms with E-state index in [1.807, 2.05) is 18.2 Å². The summed E-state index contributed by atoms with van der Waals surface area (Å²) in [5.74, 6) is 2.62. The highest BCUT2D eigenvalue weighted by Crippen LogP contribution is 2.30. The van der Waals surface area contributed by atoms with Crippen LogP contribution in [-0.4, -0.2) is 47.5 Å². The van der Waals surface area contributed by atoms with Gasteiger partial charge in [0.2, 0.25) is 0 Å². The standard InChI is InChI=1S/C21H28N2O3/c1-24-19-8-4-6-17(14-19)15-22-10-12-23(13-11-22)16-18-7-5-9-20(25-2)21(18)26-3/h4-9,14H,10-13,15-16H2,1-3H3/p+2. The molecule has 0 aliphatic carbocycles. The van der Waals surface area contributed by atoms with Crippen molar-refractivity contribution in [3.8, 4) is 17.2 Å². The molecule has 26 heavy (non-hydrogen) atoms. The summed E-state index contributed by atoms with van der Waals surface area (Å²) in [6.45, 7) is 6.73. The first kappa shape index (κ1) is 18.5. The third-order valence-electron chi connectivity index (χ3n) is 5.18. The van der Waals surface area contributed by atoms with Crippen LogP contribution < -0.4 is 24.0 Å². The van der Waals surface area contributed by atoms with E-state index < -0.39 is 0 Å². The quantitative estimate of drug-likeness (QED) is 0.742. The molecule has 1 heterocycles. The van der Waals surface area contributed by atoms with E-state index in [1.54, 1.807) is 31.1 Å². The lowest BCUT2D eigenvalue weighted by molar-refractivity contribution is -1.02. The lowest BCUT2D eigenvalue weighted by Crippen LogP contribution is -3.27. The molecule has 0 aromatic heterocycles. The van der Waals surface area contributed by atoms with E-state index in [2.05, 4.69) is 24.3 Å². The fraction of sp³-hybridized carbons (Fsp3) is 0.429. The average Bonchev–Trinajstić information content (AvgIpc) is 2.69. The Labute approximate surface area is 156 Å². The molecule has 0 unspecified atom stereocenters. The van der Waals surface area contributed by atoms with E-state index in [0.29, 0.717) is 0 Å². The van der Waals surface area contributed by atoms with E-state index in [9.17, 15) is 0 Å². The summed E-state index contributed by atoms with van der Waals surface area (Å²) in [5, 5.41) is 0. The van der Waals surface area contributed by atoms with Gasteiger partial charge >= 0.3 is 0 Å². The van der Waals surface area contributed by atoms with Gasteiger partial charge in [-0.1, -0.05) is 18.2 Å². The molecule has 0 bridgehead atoms. The Morgan fingerprint density at radius 2 is 1.46 bits per heavy atom. The molecule has 140 valence electrons. The van der Waals surface area contributed by atoms with Crippen LogP contribution in [0.5, 0.6) is 17.2 Å². The summed E-state index contributed by atoms with van der Waals surface area (Å²) in [4.78, 5) is 3.24. The third kappa shape index (κ3) is 4.48. The summed E-state index contributed by atoms with van der Waals surface area (Å²) in [7, 11) is 5.13. The highest BCUT2D eigenvalue weighted by atomic mass is 16.5. The predicted octanol–water partition coefficient (Wildman–Crippen LogP) is 0.196. The molecule has 2 N–H and O–H groups in total. The zero-order chi connectivity index (χ0) is 18.4. The summed E-state index contributed by atoms with van der Waals surface area (Å²) in [6, 6.07) is 14.5. The molecule has 5 heteroatoms. The minimum Gasteiger partial charge on any atom is -0.497 e. The van der Waals surface area contributed by atoms with Gasteiger partial charge in [-0.15, -0.1) is 0 Å². The molecule has 5 nitrogen and oxygen atoms in total. The second-order valence-corrected chi connectivity index (χ2v) is 6.86. The molecule has 1 fully saturated rings. The maximum atomic E-state index is 5.58. The molecule has 1 aliphatic heterocycles. The van der Waals surface area contributed by atoms with Crippen molar-refractivity contribution in [2.45, 2.75) is 13.1 Å². The molecular weight excluding hydrogens is 328 g/mol. The fourth-order valence-corrected chi connectivity index (χ4v) is 3.74. The van der Waals surface area contributed by atoms with Crippen LogP contribution in [0.2, 0.25) is 0 Å². The Bertz CT molecular complexity index is 712. The average molecular weight is 358 g/mol. The minimum atomic E-state index is 0.812. The Balaban J connectivity index is 1.56. The van der Waals surface area contributed by atoms with Crippen molar-refractivity contribution < 1.29 is 24.0 Å². The zero-order valence-corrected chi connectivity index (χ0v) is 16.0. The van der Waals surface area contributed by atoms with Crippen LogP contribution in [0, 0.1) is 0 Å². The van der Waals surface area contributed by atoms with Crippen molar-refractivity contribution in [1.29, 1.82) is 0 Å². The number of hydrogen-bond donors (Lipinski definition) is 2. The van der Waals surface area contributed by atoms with Crippen molar-refractivity contribution in [1.82, 2.24) is 0 Å². The van der Waals surface area contributed by atoms with Gasteiger partial charge in [-0.05, 0) is 24.3 Å². The first-order valence-electron chi connectivity index (χ1n) is 9.23. The molecule has 2 aromatic rings. The van der Waals surface area contributed by atoms with Crippen LogP contribution in [0.25, 0.3) is 0 Å². The Morgan fingerprint density at radius 3 is 2.12 bits per heavy atom. The van der Waals surface area contributed by atoms with Crippen molar-refractivity contribution in [2.75, 3.05) is 47.5 Å². The van der Waals surface area contributed by atoms with Crippen LogP contribution in [0.4, 0.5) is 0 Å². The van der Waals surface area contributed by atoms with Crippen molar-refractivity contribution in [2.24, 2.45) is 0 Å². The molecular formula is C21H30N2O3+2. The zero-order valence-electron chi connectivity index (χ0n) is 16.0. The lowest BCUT2D eigenvalue weighted by atomic mass is 10.1. The number of ether oxygens (including phenoxy) is 3. The van der Waals surface area contributed by atoms with Crippen molar-refractivity contribution in [3.63, 3.8) is 0 Å². The second-order valence-electron chi connectivity index (χ2n) is 6.86. The van der Waals surface area contributed by atoms with Crippen LogP contribution in [0.3, 0.4) is 0 Å². The molecule has 0 atom stereocenters. The molecule has 0 saturated carbocycles. The van der Waals surface area contributed by atoms with Gasteiger partial charge in [0.15, 0.2) is 11.5 Å². The molecule has 1 aliphatic rings. The van der Waals surface area contributed by atoms with E-state index >= 15 is 0 Å². The first-order chi connectivity index (χ1) is 12.7. The SMILES string of the molecule is COc1cccc(C[NH+]2CC[NH+](Cc3cccc(OC)c3OC)CC2)c1. The van der Waals surface area contributed by atoms with Gasteiger partial charge < -0.3 is 24.0 Å². The van der Waals surface area contributed by atoms with E-state index in [0.717, 1.165) is 30.3 Å². The van der Waals surface area contributed by atoms with E-state index in [4.69, 9.17) is 14.2 Å². The van der Waals surface area contributed by atoms with Gasteiger partial charge in [-0.3, -0.25) is 0 Å². The van der Waals surface area contributed by atoms with Crippen LogP contribution in [0.15, 0.2) is 42.5 Å². The Kier molecular flexibility index (Phi) is 6.36. The van der Waals surface area contributed by atoms with Crippen molar-refractivity contribution in [3.05, 3.63) is 53.6 Å². The van der Waals surface area contributed by atoms with Crippen LogP contribution >= 0.6 is 0 Å². The number of piperazine rings is 1. The maximum absolute atomic E-state index is 5.58. The van der Waals surface area contributed by atoms with Crippen molar-refractivity contribution >= 4 is 0 Å². The minimum absolute atomic E-state index is 0.812. The van der Waals surface area contributed by atoms with Crippen LogP contribution in [0.1, 0.15) is 11.1 Å². The molecule has 0 amide bonds. The summed E-state index contributed by atoms with van der Waals surface area (Å²) >= 11 is 0. The number of rotatable bonds is 7. The van der Waals surface area contributed by atoms with Gasteiger partial charge in [0.05, 0.1) is 26.9 Å². The highest BCUT2D eigenvalue weighted by molar-refractivity contribution is 5.46. The monoisotopic (exact) mass is 358 g/mol. The normalized spacial score (nSPS) is 19.8. The van der Waals surface area contributed by atoms with Gasteiger partial charge in [0, 0.05) is 5.56 Å². The van der Waals surface area contributed by atoms with E-state index in [1.165, 1.54) is 37.3 Å². The number of para-hydroxylation sites is 1. The molecule has 0 spiro atoms. The smallest absolute Gasteiger partial charge is 0.169 e. The fourth-order valence-electron chi connectivity index (χ4n) is 3.74. The summed E-state index contributed by atoms with van der Waals surface area (Å²) in [6.07, 6.45) is 0. The summed E-state index contributed by atoms with van der Waals surface area (Å²) in [5.41, 5.74) is 2.57. The predicted molar refractivity (Wildman–Crippen MR) is 101 cm³/mol. The number of quaternary nitrogens is 2. The molecule has 3 rings (SSSR count). The van der Waals surface area contributed by atoms with Gasteiger partial charge in [0.1, 0.15) is 45.0 Å². The van der Waals surface area contributed by atoms with Gasteiger partial charge in [-0.25, -0.2) is 0 Å². The summed E-state index contributed by atoms with van der Waals surface area (Å²) < 4.78 is 16.3. The number of methoxy groups -OCH3 is 3. The topological polar surface area (TPSA) is 36.6 Å². The molecule has 2 aromatic carbocycles. The second kappa shape index (κ2) is 8.92. The van der Waals surface area contributed by atoms with Crippen LogP contribution in [-0.2, 0) is 13.1 Å². The first-order valence-corrected chi connectivity index (χ1v) is 9.23. The van der Waals surface area contributed by atoms with Gasteiger partial charge in [-0.2, -0.15) is 0 Å². The highest BCUT2D eigenvalue weighted by Gasteiger charge is 2.24. The van der Waals surface area contributed by atoms with Gasteiger partial charge in [0.25, 0.3) is 0 Å².